The molecule has 1 aliphatic carbocycles. The lowest BCUT2D eigenvalue weighted by molar-refractivity contribution is 0.437. The molecule has 3 nitrogen and oxygen atoms in total. The van der Waals surface area contributed by atoms with Crippen molar-refractivity contribution in [1.82, 2.24) is 14.5 Å². The van der Waals surface area contributed by atoms with Gasteiger partial charge in [0.15, 0.2) is 0 Å². The van der Waals surface area contributed by atoms with Crippen molar-refractivity contribution in [2.24, 2.45) is 0 Å². The van der Waals surface area contributed by atoms with Crippen LogP contribution in [0.25, 0.3) is 0 Å². The van der Waals surface area contributed by atoms with Crippen molar-refractivity contribution in [3.63, 3.8) is 0 Å². The van der Waals surface area contributed by atoms with E-state index in [2.05, 4.69) is 39.1 Å². The molecule has 1 aliphatic rings. The van der Waals surface area contributed by atoms with Crippen LogP contribution in [0.1, 0.15) is 23.9 Å². The van der Waals surface area contributed by atoms with Gasteiger partial charge in [-0.3, -0.25) is 0 Å². The van der Waals surface area contributed by atoms with Crippen LogP contribution < -0.4 is 0 Å². The van der Waals surface area contributed by atoms with E-state index in [4.69, 9.17) is 0 Å². The van der Waals surface area contributed by atoms with Gasteiger partial charge in [0, 0.05) is 30.6 Å². The number of hydrogen-bond acceptors (Lipinski definition) is 1. The van der Waals surface area contributed by atoms with Gasteiger partial charge in [-0.05, 0) is 25.0 Å². The standard InChI is InChI=1S/C11H13N3.ClH/c1-2-6-14(5-1)9-3-4-10-11(7-9)13-8-12-10;/h1-2,5-6,8-9H,3-4,7H2,(H,12,13);1H. The van der Waals surface area contributed by atoms with E-state index < -0.39 is 0 Å². The van der Waals surface area contributed by atoms with Crippen molar-refractivity contribution in [1.29, 1.82) is 0 Å². The number of hydrogen-bond donors (Lipinski definition) is 1. The fourth-order valence-electron chi connectivity index (χ4n) is 2.23. The van der Waals surface area contributed by atoms with Crippen LogP contribution in [0.4, 0.5) is 0 Å². The Balaban J connectivity index is 0.000000853. The van der Waals surface area contributed by atoms with Crippen LogP contribution in [0.15, 0.2) is 30.9 Å². The molecule has 2 heterocycles. The van der Waals surface area contributed by atoms with E-state index in [-0.39, 0.29) is 12.4 Å². The predicted molar refractivity (Wildman–Crippen MR) is 61.3 cm³/mol. The molecule has 2 aromatic heterocycles. The van der Waals surface area contributed by atoms with Gasteiger partial charge in [0.2, 0.25) is 0 Å². The van der Waals surface area contributed by atoms with Gasteiger partial charge in [0.1, 0.15) is 0 Å². The molecule has 2 aromatic rings. The number of imidazole rings is 1. The van der Waals surface area contributed by atoms with Crippen LogP contribution in [-0.2, 0) is 12.8 Å². The molecular weight excluding hydrogens is 210 g/mol. The molecule has 1 N–H and O–H groups in total. The summed E-state index contributed by atoms with van der Waals surface area (Å²) in [5.74, 6) is 0. The summed E-state index contributed by atoms with van der Waals surface area (Å²) in [6.45, 7) is 0. The van der Waals surface area contributed by atoms with Gasteiger partial charge in [-0.1, -0.05) is 0 Å². The second kappa shape index (κ2) is 4.11. The maximum Gasteiger partial charge on any atom is 0.0925 e. The SMILES string of the molecule is Cl.c1ccn(C2CCc3nc[nH]c3C2)c1. The molecule has 1 unspecified atom stereocenters. The summed E-state index contributed by atoms with van der Waals surface area (Å²) in [7, 11) is 0. The van der Waals surface area contributed by atoms with Gasteiger partial charge in [-0.2, -0.15) is 0 Å². The highest BCUT2D eigenvalue weighted by Crippen LogP contribution is 2.26. The van der Waals surface area contributed by atoms with Gasteiger partial charge >= 0.3 is 0 Å². The highest BCUT2D eigenvalue weighted by Gasteiger charge is 2.20. The van der Waals surface area contributed by atoms with E-state index >= 15 is 0 Å². The summed E-state index contributed by atoms with van der Waals surface area (Å²) in [5, 5.41) is 0. The smallest absolute Gasteiger partial charge is 0.0925 e. The number of halogens is 1. The normalized spacial score (nSPS) is 19.3. The number of aromatic amines is 1. The first-order valence-electron chi connectivity index (χ1n) is 5.07. The zero-order chi connectivity index (χ0) is 9.38. The number of nitrogens with zero attached hydrogens (tertiary/aromatic N) is 2. The highest BCUT2D eigenvalue weighted by molar-refractivity contribution is 5.85. The summed E-state index contributed by atoms with van der Waals surface area (Å²) < 4.78 is 2.30. The molecule has 80 valence electrons. The maximum absolute atomic E-state index is 4.31. The number of aryl methyl sites for hydroxylation is 1. The topological polar surface area (TPSA) is 33.6 Å². The third-order valence-electron chi connectivity index (χ3n) is 3.01. The van der Waals surface area contributed by atoms with Gasteiger partial charge in [0.25, 0.3) is 0 Å². The lowest BCUT2D eigenvalue weighted by Crippen LogP contribution is -2.17. The van der Waals surface area contributed by atoms with Gasteiger partial charge in [-0.25, -0.2) is 4.98 Å². The van der Waals surface area contributed by atoms with Crippen LogP contribution >= 0.6 is 12.4 Å². The largest absolute Gasteiger partial charge is 0.351 e. The maximum atomic E-state index is 4.31. The molecule has 4 heteroatoms. The Hall–Kier alpha value is -1.22. The Bertz CT molecular complexity index is 419. The molecular formula is C11H14ClN3. The Labute approximate surface area is 94.9 Å². The second-order valence-corrected chi connectivity index (χ2v) is 3.85. The van der Waals surface area contributed by atoms with Crippen LogP contribution in [0, 0.1) is 0 Å². The van der Waals surface area contributed by atoms with E-state index in [9.17, 15) is 0 Å². The first kappa shape index (κ1) is 10.3. The van der Waals surface area contributed by atoms with E-state index in [0.29, 0.717) is 6.04 Å². The molecule has 3 rings (SSSR count). The monoisotopic (exact) mass is 223 g/mol. The molecule has 0 radical (unpaired) electrons. The van der Waals surface area contributed by atoms with Crippen molar-refractivity contribution in [2.75, 3.05) is 0 Å². The quantitative estimate of drug-likeness (QED) is 0.791. The Morgan fingerprint density at radius 1 is 1.33 bits per heavy atom. The number of aromatic nitrogens is 3. The van der Waals surface area contributed by atoms with Crippen molar-refractivity contribution in [2.45, 2.75) is 25.3 Å². The third-order valence-corrected chi connectivity index (χ3v) is 3.01. The Kier molecular flexibility index (Phi) is 2.82. The van der Waals surface area contributed by atoms with Crippen LogP contribution in [0.2, 0.25) is 0 Å². The second-order valence-electron chi connectivity index (χ2n) is 3.85. The summed E-state index contributed by atoms with van der Waals surface area (Å²) in [4.78, 5) is 7.53. The fraction of sp³-hybridized carbons (Fsp3) is 0.364. The molecule has 0 saturated heterocycles. The van der Waals surface area contributed by atoms with E-state index in [0.717, 1.165) is 12.8 Å². The number of H-pyrrole nitrogens is 1. The van der Waals surface area contributed by atoms with E-state index in [1.54, 1.807) is 0 Å². The molecule has 15 heavy (non-hydrogen) atoms. The highest BCUT2D eigenvalue weighted by atomic mass is 35.5. The number of fused-ring (bicyclic) bond motifs is 1. The molecule has 0 bridgehead atoms. The molecule has 0 amide bonds. The Morgan fingerprint density at radius 2 is 2.13 bits per heavy atom. The molecule has 1 atom stereocenters. The minimum atomic E-state index is 0. The first-order valence-corrected chi connectivity index (χ1v) is 5.07. The zero-order valence-electron chi connectivity index (χ0n) is 8.39. The molecule has 0 fully saturated rings. The van der Waals surface area contributed by atoms with Gasteiger partial charge < -0.3 is 9.55 Å². The lowest BCUT2D eigenvalue weighted by atomic mass is 9.96. The summed E-state index contributed by atoms with van der Waals surface area (Å²) in [6.07, 6.45) is 9.49. The summed E-state index contributed by atoms with van der Waals surface area (Å²) >= 11 is 0. The minimum Gasteiger partial charge on any atom is -0.351 e. The van der Waals surface area contributed by atoms with Crippen LogP contribution in [-0.4, -0.2) is 14.5 Å². The zero-order valence-corrected chi connectivity index (χ0v) is 9.20. The van der Waals surface area contributed by atoms with Gasteiger partial charge in [0.05, 0.1) is 12.0 Å². The summed E-state index contributed by atoms with van der Waals surface area (Å²) in [5.41, 5.74) is 2.57. The summed E-state index contributed by atoms with van der Waals surface area (Å²) in [6, 6.07) is 4.78. The van der Waals surface area contributed by atoms with E-state index in [1.807, 2.05) is 6.33 Å². The van der Waals surface area contributed by atoms with Crippen molar-refractivity contribution >= 4 is 12.4 Å². The molecule has 0 saturated carbocycles. The van der Waals surface area contributed by atoms with Crippen LogP contribution in [0.5, 0.6) is 0 Å². The number of rotatable bonds is 1. The Morgan fingerprint density at radius 3 is 2.93 bits per heavy atom. The van der Waals surface area contributed by atoms with E-state index in [1.165, 1.54) is 17.8 Å². The average Bonchev–Trinajstić information content (AvgIpc) is 2.88. The van der Waals surface area contributed by atoms with Gasteiger partial charge in [-0.15, -0.1) is 12.4 Å². The minimum absolute atomic E-state index is 0. The van der Waals surface area contributed by atoms with Crippen molar-refractivity contribution in [3.05, 3.63) is 42.2 Å². The molecule has 0 aromatic carbocycles. The van der Waals surface area contributed by atoms with Crippen molar-refractivity contribution in [3.8, 4) is 0 Å². The molecule has 0 spiro atoms. The lowest BCUT2D eigenvalue weighted by Gasteiger charge is -2.22. The fourth-order valence-corrected chi connectivity index (χ4v) is 2.23. The van der Waals surface area contributed by atoms with Crippen LogP contribution in [0.3, 0.4) is 0 Å². The molecule has 0 aliphatic heterocycles. The first-order chi connectivity index (χ1) is 6.93. The average molecular weight is 224 g/mol. The predicted octanol–water partition coefficient (Wildman–Crippen LogP) is 2.36. The number of nitrogens with one attached hydrogen (secondary N) is 1. The third kappa shape index (κ3) is 1.79. The van der Waals surface area contributed by atoms with Crippen molar-refractivity contribution < 1.29 is 0 Å².